The lowest BCUT2D eigenvalue weighted by Gasteiger charge is -2.32. The highest BCUT2D eigenvalue weighted by Crippen LogP contribution is 2.29. The van der Waals surface area contributed by atoms with Crippen molar-refractivity contribution in [3.05, 3.63) is 5.01 Å². The summed E-state index contributed by atoms with van der Waals surface area (Å²) in [5.74, 6) is 0. The van der Waals surface area contributed by atoms with Crippen molar-refractivity contribution in [1.29, 1.82) is 0 Å². The number of nitrogens with one attached hydrogen (secondary N) is 1. The fraction of sp³-hybridized carbons (Fsp3) is 0.818. The van der Waals surface area contributed by atoms with Crippen LogP contribution in [0.3, 0.4) is 0 Å². The van der Waals surface area contributed by atoms with E-state index in [0.29, 0.717) is 6.54 Å². The first-order valence-corrected chi connectivity index (χ1v) is 8.97. The van der Waals surface area contributed by atoms with Gasteiger partial charge in [0, 0.05) is 19.1 Å². The van der Waals surface area contributed by atoms with E-state index in [0.717, 1.165) is 42.4 Å². The van der Waals surface area contributed by atoms with Crippen molar-refractivity contribution < 1.29 is 8.42 Å². The second-order valence-electron chi connectivity index (χ2n) is 5.25. The first-order chi connectivity index (χ1) is 9.04. The maximum absolute atomic E-state index is 12.0. The van der Waals surface area contributed by atoms with E-state index < -0.39 is 10.0 Å². The molecular weight excluding hydrogens is 284 g/mol. The highest BCUT2D eigenvalue weighted by Gasteiger charge is 2.37. The zero-order valence-corrected chi connectivity index (χ0v) is 12.5. The van der Waals surface area contributed by atoms with Gasteiger partial charge >= 0.3 is 0 Å². The number of piperidine rings is 1. The van der Waals surface area contributed by atoms with Crippen LogP contribution < -0.4 is 9.62 Å². The molecule has 1 aliphatic carbocycles. The smallest absolute Gasteiger partial charge is 0.214 e. The van der Waals surface area contributed by atoms with Gasteiger partial charge < -0.3 is 4.90 Å². The van der Waals surface area contributed by atoms with Crippen LogP contribution in [-0.2, 0) is 10.0 Å². The Morgan fingerprint density at radius 1 is 1.32 bits per heavy atom. The molecule has 1 atom stereocenters. The van der Waals surface area contributed by atoms with Crippen molar-refractivity contribution in [3.8, 4) is 0 Å². The van der Waals surface area contributed by atoms with Crippen LogP contribution in [0.4, 0.5) is 5.13 Å². The molecule has 6 nitrogen and oxygen atoms in total. The van der Waals surface area contributed by atoms with Gasteiger partial charge in [-0.2, -0.15) is 0 Å². The van der Waals surface area contributed by atoms with Crippen molar-refractivity contribution in [3.63, 3.8) is 0 Å². The number of sulfonamides is 1. The predicted octanol–water partition coefficient (Wildman–Crippen LogP) is 0.897. The highest BCUT2D eigenvalue weighted by atomic mass is 32.2. The molecule has 8 heteroatoms. The molecule has 2 fully saturated rings. The lowest BCUT2D eigenvalue weighted by molar-refractivity contribution is 0.464. The van der Waals surface area contributed by atoms with Gasteiger partial charge in [0.25, 0.3) is 0 Å². The minimum Gasteiger partial charge on any atom is -0.345 e. The molecule has 0 bridgehead atoms. The molecule has 2 aliphatic rings. The topological polar surface area (TPSA) is 75.2 Å². The Morgan fingerprint density at radius 2 is 2.11 bits per heavy atom. The number of anilines is 1. The summed E-state index contributed by atoms with van der Waals surface area (Å²) in [4.78, 5) is 2.13. The highest BCUT2D eigenvalue weighted by molar-refractivity contribution is 7.90. The van der Waals surface area contributed by atoms with Crippen LogP contribution in [0.15, 0.2) is 0 Å². The van der Waals surface area contributed by atoms with Crippen LogP contribution in [0.25, 0.3) is 0 Å². The van der Waals surface area contributed by atoms with Crippen LogP contribution in [-0.4, -0.2) is 43.0 Å². The minimum absolute atomic E-state index is 0.00329. The number of aromatic nitrogens is 2. The molecule has 1 unspecified atom stereocenters. The number of nitrogens with zero attached hydrogens (tertiary/aromatic N) is 3. The van der Waals surface area contributed by atoms with Crippen LogP contribution >= 0.6 is 11.3 Å². The summed E-state index contributed by atoms with van der Waals surface area (Å²) < 4.78 is 26.8. The van der Waals surface area contributed by atoms with Gasteiger partial charge in [-0.15, -0.1) is 10.2 Å². The molecule has 0 aromatic carbocycles. The Kier molecular flexibility index (Phi) is 3.48. The summed E-state index contributed by atoms with van der Waals surface area (Å²) in [5, 5.41) is 9.84. The maximum atomic E-state index is 12.0. The molecule has 1 N–H and O–H groups in total. The van der Waals surface area contributed by atoms with Crippen LogP contribution in [0.2, 0.25) is 0 Å². The third-order valence-electron chi connectivity index (χ3n) is 3.50. The van der Waals surface area contributed by atoms with E-state index in [1.54, 1.807) is 11.3 Å². The second-order valence-corrected chi connectivity index (χ2v) is 8.40. The zero-order chi connectivity index (χ0) is 13.5. The van der Waals surface area contributed by atoms with Crippen molar-refractivity contribution in [1.82, 2.24) is 14.9 Å². The van der Waals surface area contributed by atoms with Crippen LogP contribution in [0.5, 0.6) is 0 Å². The first-order valence-electron chi connectivity index (χ1n) is 6.61. The van der Waals surface area contributed by atoms with Gasteiger partial charge in [0.05, 0.1) is 5.25 Å². The van der Waals surface area contributed by atoms with E-state index >= 15 is 0 Å². The molecule has 1 aromatic rings. The second kappa shape index (κ2) is 4.99. The molecule has 0 spiro atoms. The van der Waals surface area contributed by atoms with E-state index in [1.165, 1.54) is 0 Å². The minimum atomic E-state index is -3.10. The fourth-order valence-electron chi connectivity index (χ4n) is 2.37. The molecule has 0 amide bonds. The van der Waals surface area contributed by atoms with E-state index in [9.17, 15) is 8.42 Å². The Bertz CT molecular complexity index is 553. The van der Waals surface area contributed by atoms with Gasteiger partial charge in [0.1, 0.15) is 5.01 Å². The molecule has 19 heavy (non-hydrogen) atoms. The Balaban J connectivity index is 1.65. The van der Waals surface area contributed by atoms with Crippen LogP contribution in [0.1, 0.15) is 30.7 Å². The Morgan fingerprint density at radius 3 is 2.74 bits per heavy atom. The summed E-state index contributed by atoms with van der Waals surface area (Å²) in [5.41, 5.74) is 0. The first kappa shape index (κ1) is 13.3. The average molecular weight is 302 g/mol. The molecule has 0 radical (unpaired) electrons. The van der Waals surface area contributed by atoms with Gasteiger partial charge in [-0.25, -0.2) is 13.1 Å². The van der Waals surface area contributed by atoms with Gasteiger partial charge in [-0.1, -0.05) is 11.3 Å². The number of hydrogen-bond donors (Lipinski definition) is 1. The molecule has 2 heterocycles. The SMILES string of the molecule is Cc1nnc(N2CCCC(NS(=O)(=O)C3CC3)C2)s1. The molecular formula is C11H18N4O2S2. The summed E-state index contributed by atoms with van der Waals surface area (Å²) in [6, 6.07) is 0.00329. The Hall–Kier alpha value is -0.730. The van der Waals surface area contributed by atoms with E-state index in [4.69, 9.17) is 0 Å². The summed E-state index contributed by atoms with van der Waals surface area (Å²) in [6.45, 7) is 3.55. The van der Waals surface area contributed by atoms with Gasteiger partial charge in [-0.3, -0.25) is 0 Å². The third kappa shape index (κ3) is 3.06. The maximum Gasteiger partial charge on any atom is 0.214 e. The molecule has 1 aliphatic heterocycles. The third-order valence-corrected chi connectivity index (χ3v) is 6.41. The van der Waals surface area contributed by atoms with Crippen LogP contribution in [0, 0.1) is 6.92 Å². The van der Waals surface area contributed by atoms with Gasteiger partial charge in [-0.05, 0) is 32.6 Å². The fourth-order valence-corrected chi connectivity index (χ4v) is 4.70. The molecule has 3 rings (SSSR count). The van der Waals surface area contributed by atoms with Crippen molar-refractivity contribution in [2.75, 3.05) is 18.0 Å². The van der Waals surface area contributed by atoms with Crippen molar-refractivity contribution in [2.24, 2.45) is 0 Å². The summed E-state index contributed by atoms with van der Waals surface area (Å²) in [6.07, 6.45) is 3.50. The van der Waals surface area contributed by atoms with Gasteiger partial charge in [0.2, 0.25) is 15.2 Å². The standard InChI is InChI=1S/C11H18N4O2S2/c1-8-12-13-11(18-8)15-6-2-3-9(7-15)14-19(16,17)10-4-5-10/h9-10,14H,2-7H2,1H3. The number of hydrogen-bond acceptors (Lipinski definition) is 6. The zero-order valence-electron chi connectivity index (χ0n) is 10.9. The number of rotatable bonds is 4. The average Bonchev–Trinajstić information content (AvgIpc) is 3.13. The largest absolute Gasteiger partial charge is 0.345 e. The van der Waals surface area contributed by atoms with E-state index in [2.05, 4.69) is 19.8 Å². The molecule has 106 valence electrons. The van der Waals surface area contributed by atoms with E-state index in [1.807, 2.05) is 6.92 Å². The normalized spacial score (nSPS) is 24.7. The molecule has 1 saturated carbocycles. The van der Waals surface area contributed by atoms with E-state index in [-0.39, 0.29) is 11.3 Å². The monoisotopic (exact) mass is 302 g/mol. The summed E-state index contributed by atoms with van der Waals surface area (Å²) in [7, 11) is -3.10. The lowest BCUT2D eigenvalue weighted by atomic mass is 10.1. The summed E-state index contributed by atoms with van der Waals surface area (Å²) >= 11 is 1.56. The van der Waals surface area contributed by atoms with Crippen molar-refractivity contribution in [2.45, 2.75) is 43.9 Å². The van der Waals surface area contributed by atoms with Gasteiger partial charge in [0.15, 0.2) is 0 Å². The molecule has 1 aromatic heterocycles. The predicted molar refractivity (Wildman–Crippen MR) is 75.0 cm³/mol. The number of aryl methyl sites for hydroxylation is 1. The molecule has 1 saturated heterocycles. The van der Waals surface area contributed by atoms with Crippen molar-refractivity contribution >= 4 is 26.5 Å². The lowest BCUT2D eigenvalue weighted by Crippen LogP contribution is -2.48. The quantitative estimate of drug-likeness (QED) is 0.894. The Labute approximate surface area is 117 Å².